The van der Waals surface area contributed by atoms with E-state index in [1.54, 1.807) is 11.3 Å². The highest BCUT2D eigenvalue weighted by Gasteiger charge is 2.67. The first-order valence-corrected chi connectivity index (χ1v) is 7.85. The summed E-state index contributed by atoms with van der Waals surface area (Å²) in [5, 5.41) is 6.72. The molecule has 106 valence electrons. The normalized spacial score (nSPS) is 36.0. The fraction of sp³-hybridized carbons (Fsp3) is 0.786. The number of aromatic nitrogens is 1. The van der Waals surface area contributed by atoms with E-state index in [9.17, 15) is 0 Å². The van der Waals surface area contributed by atoms with Gasteiger partial charge in [-0.1, -0.05) is 13.8 Å². The third-order valence-electron chi connectivity index (χ3n) is 5.02. The molecular formula is C14H23N3OS. The molecule has 0 bridgehead atoms. The first-order chi connectivity index (χ1) is 8.95. The van der Waals surface area contributed by atoms with Gasteiger partial charge in [0.1, 0.15) is 5.01 Å². The van der Waals surface area contributed by atoms with E-state index in [0.717, 1.165) is 36.8 Å². The van der Waals surface area contributed by atoms with E-state index in [1.165, 1.54) is 0 Å². The van der Waals surface area contributed by atoms with Crippen molar-refractivity contribution in [2.75, 3.05) is 13.2 Å². The molecule has 1 saturated heterocycles. The molecule has 2 fully saturated rings. The Morgan fingerprint density at radius 1 is 1.58 bits per heavy atom. The lowest BCUT2D eigenvalue weighted by molar-refractivity contribution is -0.153. The Hall–Kier alpha value is -0.490. The topological polar surface area (TPSA) is 60.2 Å². The Bertz CT molecular complexity index is 473. The van der Waals surface area contributed by atoms with Gasteiger partial charge in [0.15, 0.2) is 0 Å². The maximum atomic E-state index is 6.68. The van der Waals surface area contributed by atoms with Crippen LogP contribution >= 0.6 is 11.3 Å². The molecule has 1 aliphatic heterocycles. The standard InChI is InChI=1S/C14H23N3OS/c1-9-7-19-11(17-9)6-16-8-14(15)10-4-5-18-12(10)13(14,2)3/h7,10,12,16H,4-6,8,15H2,1-3H3. The second kappa shape index (κ2) is 4.52. The van der Waals surface area contributed by atoms with Crippen molar-refractivity contribution < 1.29 is 4.74 Å². The smallest absolute Gasteiger partial charge is 0.107 e. The van der Waals surface area contributed by atoms with Gasteiger partial charge in [-0.05, 0) is 13.3 Å². The Morgan fingerprint density at radius 3 is 3.05 bits per heavy atom. The molecule has 2 heterocycles. The third-order valence-corrected chi connectivity index (χ3v) is 5.99. The first kappa shape index (κ1) is 13.5. The maximum Gasteiger partial charge on any atom is 0.107 e. The van der Waals surface area contributed by atoms with Crippen molar-refractivity contribution in [1.29, 1.82) is 0 Å². The molecular weight excluding hydrogens is 258 g/mol. The summed E-state index contributed by atoms with van der Waals surface area (Å²) < 4.78 is 5.81. The molecule has 1 aromatic rings. The van der Waals surface area contributed by atoms with Crippen LogP contribution < -0.4 is 11.1 Å². The van der Waals surface area contributed by atoms with Crippen molar-refractivity contribution in [2.24, 2.45) is 17.1 Å². The summed E-state index contributed by atoms with van der Waals surface area (Å²) in [6, 6.07) is 0. The van der Waals surface area contributed by atoms with Crippen LogP contribution in [0.2, 0.25) is 0 Å². The lowest BCUT2D eigenvalue weighted by Crippen LogP contribution is -2.77. The van der Waals surface area contributed by atoms with Gasteiger partial charge in [0.25, 0.3) is 0 Å². The van der Waals surface area contributed by atoms with Gasteiger partial charge in [-0.25, -0.2) is 4.98 Å². The van der Waals surface area contributed by atoms with E-state index in [1.807, 2.05) is 6.92 Å². The van der Waals surface area contributed by atoms with Crippen molar-refractivity contribution in [2.45, 2.75) is 45.4 Å². The molecule has 19 heavy (non-hydrogen) atoms. The molecule has 4 nitrogen and oxygen atoms in total. The summed E-state index contributed by atoms with van der Waals surface area (Å²) in [6.45, 7) is 9.00. The number of ether oxygens (including phenoxy) is 1. The summed E-state index contributed by atoms with van der Waals surface area (Å²) in [6.07, 6.45) is 1.45. The Balaban J connectivity index is 1.60. The van der Waals surface area contributed by atoms with Crippen LogP contribution in [0.3, 0.4) is 0 Å². The average molecular weight is 281 g/mol. The molecule has 2 aliphatic rings. The lowest BCUT2D eigenvalue weighted by atomic mass is 9.48. The number of hydrogen-bond donors (Lipinski definition) is 2. The van der Waals surface area contributed by atoms with Crippen LogP contribution in [-0.4, -0.2) is 29.8 Å². The van der Waals surface area contributed by atoms with Crippen LogP contribution in [0.5, 0.6) is 0 Å². The van der Waals surface area contributed by atoms with Crippen molar-refractivity contribution in [1.82, 2.24) is 10.3 Å². The Morgan fingerprint density at radius 2 is 2.37 bits per heavy atom. The van der Waals surface area contributed by atoms with Crippen LogP contribution in [0.15, 0.2) is 5.38 Å². The minimum absolute atomic E-state index is 0.0555. The summed E-state index contributed by atoms with van der Waals surface area (Å²) in [5.41, 5.74) is 7.67. The fourth-order valence-electron chi connectivity index (χ4n) is 3.69. The highest BCUT2D eigenvalue weighted by Crippen LogP contribution is 2.57. The molecule has 1 saturated carbocycles. The average Bonchev–Trinajstić information content (AvgIpc) is 2.97. The monoisotopic (exact) mass is 281 g/mol. The number of aryl methyl sites for hydroxylation is 1. The highest BCUT2D eigenvalue weighted by atomic mass is 32.1. The number of hydrogen-bond acceptors (Lipinski definition) is 5. The number of nitrogens with two attached hydrogens (primary N) is 1. The quantitative estimate of drug-likeness (QED) is 0.881. The number of thiazole rings is 1. The molecule has 1 aromatic heterocycles. The van der Waals surface area contributed by atoms with Gasteiger partial charge in [-0.2, -0.15) is 0 Å². The van der Waals surface area contributed by atoms with Crippen LogP contribution in [0.4, 0.5) is 0 Å². The van der Waals surface area contributed by atoms with E-state index in [2.05, 4.69) is 29.5 Å². The molecule has 0 amide bonds. The van der Waals surface area contributed by atoms with Crippen LogP contribution in [0.1, 0.15) is 31.0 Å². The van der Waals surface area contributed by atoms with Crippen molar-refractivity contribution in [3.63, 3.8) is 0 Å². The zero-order valence-corrected chi connectivity index (χ0v) is 12.7. The zero-order valence-electron chi connectivity index (χ0n) is 11.9. The molecule has 0 radical (unpaired) electrons. The molecule has 1 aliphatic carbocycles. The summed E-state index contributed by atoms with van der Waals surface area (Å²) in [4.78, 5) is 4.47. The van der Waals surface area contributed by atoms with Gasteiger partial charge in [-0.15, -0.1) is 11.3 Å². The molecule has 3 N–H and O–H groups in total. The summed E-state index contributed by atoms with van der Waals surface area (Å²) in [5.74, 6) is 0.507. The minimum atomic E-state index is -0.152. The van der Waals surface area contributed by atoms with Gasteiger partial charge >= 0.3 is 0 Å². The first-order valence-electron chi connectivity index (χ1n) is 6.97. The molecule has 0 aromatic carbocycles. The molecule has 3 atom stereocenters. The number of fused-ring (bicyclic) bond motifs is 1. The van der Waals surface area contributed by atoms with Gasteiger partial charge in [0.2, 0.25) is 0 Å². The fourth-order valence-corrected chi connectivity index (χ4v) is 4.44. The predicted octanol–water partition coefficient (Wildman–Crippen LogP) is 1.68. The van der Waals surface area contributed by atoms with E-state index in [4.69, 9.17) is 10.5 Å². The van der Waals surface area contributed by atoms with Gasteiger partial charge in [0, 0.05) is 47.6 Å². The van der Waals surface area contributed by atoms with Crippen LogP contribution in [0.25, 0.3) is 0 Å². The number of nitrogens with one attached hydrogen (secondary N) is 1. The van der Waals surface area contributed by atoms with E-state index >= 15 is 0 Å². The molecule has 3 unspecified atom stereocenters. The van der Waals surface area contributed by atoms with Crippen molar-refractivity contribution in [3.05, 3.63) is 16.1 Å². The minimum Gasteiger partial charge on any atom is -0.377 e. The Kier molecular flexibility index (Phi) is 3.21. The lowest BCUT2D eigenvalue weighted by Gasteiger charge is -2.62. The predicted molar refractivity (Wildman–Crippen MR) is 77.1 cm³/mol. The van der Waals surface area contributed by atoms with Gasteiger partial charge in [-0.3, -0.25) is 0 Å². The molecule has 3 rings (SSSR count). The van der Waals surface area contributed by atoms with E-state index in [0.29, 0.717) is 12.0 Å². The van der Waals surface area contributed by atoms with Crippen LogP contribution in [0, 0.1) is 18.3 Å². The van der Waals surface area contributed by atoms with E-state index < -0.39 is 0 Å². The number of nitrogens with zero attached hydrogens (tertiary/aromatic N) is 1. The maximum absolute atomic E-state index is 6.68. The second-order valence-corrected chi connectivity index (χ2v) is 7.38. The second-order valence-electron chi connectivity index (χ2n) is 6.43. The molecule has 5 heteroatoms. The number of rotatable bonds is 4. The zero-order chi connectivity index (χ0) is 13.7. The highest BCUT2D eigenvalue weighted by molar-refractivity contribution is 7.09. The third kappa shape index (κ3) is 1.95. The Labute approximate surface area is 118 Å². The van der Waals surface area contributed by atoms with Crippen molar-refractivity contribution in [3.8, 4) is 0 Å². The summed E-state index contributed by atoms with van der Waals surface area (Å²) >= 11 is 1.71. The van der Waals surface area contributed by atoms with Crippen molar-refractivity contribution >= 4 is 11.3 Å². The van der Waals surface area contributed by atoms with Gasteiger partial charge < -0.3 is 15.8 Å². The van der Waals surface area contributed by atoms with E-state index in [-0.39, 0.29) is 11.0 Å². The van der Waals surface area contributed by atoms with Crippen LogP contribution in [-0.2, 0) is 11.3 Å². The SMILES string of the molecule is Cc1csc(CNCC2(N)C3CCOC3C2(C)C)n1. The summed E-state index contributed by atoms with van der Waals surface area (Å²) in [7, 11) is 0. The largest absolute Gasteiger partial charge is 0.377 e. The van der Waals surface area contributed by atoms with Gasteiger partial charge in [0.05, 0.1) is 6.10 Å². The molecule has 0 spiro atoms.